The highest BCUT2D eigenvalue weighted by Gasteiger charge is 2.28. The molecule has 0 radical (unpaired) electrons. The topological polar surface area (TPSA) is 57.0 Å². The Kier molecular flexibility index (Phi) is 3.62. The first-order valence-corrected chi connectivity index (χ1v) is 8.16. The van der Waals surface area contributed by atoms with Crippen LogP contribution in [0.5, 0.6) is 5.75 Å². The van der Waals surface area contributed by atoms with E-state index >= 15 is 0 Å². The molecule has 1 aliphatic rings. The van der Waals surface area contributed by atoms with Crippen LogP contribution in [0, 0.1) is 13.8 Å². The van der Waals surface area contributed by atoms with Gasteiger partial charge in [-0.1, -0.05) is 11.6 Å². The summed E-state index contributed by atoms with van der Waals surface area (Å²) < 4.78 is 16.9. The number of benzene rings is 1. The van der Waals surface area contributed by atoms with Crippen molar-refractivity contribution in [2.24, 2.45) is 0 Å². The number of rotatable bonds is 2. The van der Waals surface area contributed by atoms with Crippen molar-refractivity contribution >= 4 is 22.6 Å². The summed E-state index contributed by atoms with van der Waals surface area (Å²) in [6, 6.07) is 5.62. The number of quaternary nitrogens is 1. The highest BCUT2D eigenvalue weighted by atomic mass is 35.5. The highest BCUT2D eigenvalue weighted by molar-refractivity contribution is 6.33. The predicted molar refractivity (Wildman–Crippen MR) is 89.5 cm³/mol. The summed E-state index contributed by atoms with van der Waals surface area (Å²) >= 11 is 6.40. The standard InChI is InChI=1S/C18H16ClNO4/c1-10-11(2)18(21)24-16-13(10)6-15(19)17-14(16)8-20(9-23-17)7-12-4-3-5-22-12/h3-6H,7-9H2,1-2H3/p+1. The van der Waals surface area contributed by atoms with Gasteiger partial charge in [-0.05, 0) is 37.6 Å². The molecule has 0 fully saturated rings. The molecular formula is C18H17ClNO4+. The molecule has 0 saturated carbocycles. The van der Waals surface area contributed by atoms with Crippen LogP contribution in [0.4, 0.5) is 0 Å². The van der Waals surface area contributed by atoms with Gasteiger partial charge in [0.2, 0.25) is 6.73 Å². The Hall–Kier alpha value is -2.24. The molecule has 24 heavy (non-hydrogen) atoms. The van der Waals surface area contributed by atoms with Gasteiger partial charge in [0.05, 0.1) is 16.8 Å². The molecule has 3 heterocycles. The second-order valence-corrected chi connectivity index (χ2v) is 6.56. The number of aryl methyl sites for hydroxylation is 1. The Balaban J connectivity index is 1.83. The zero-order valence-electron chi connectivity index (χ0n) is 13.4. The van der Waals surface area contributed by atoms with Gasteiger partial charge in [-0.15, -0.1) is 0 Å². The van der Waals surface area contributed by atoms with Gasteiger partial charge in [0.25, 0.3) is 0 Å². The lowest BCUT2D eigenvalue weighted by molar-refractivity contribution is -0.946. The van der Waals surface area contributed by atoms with E-state index < -0.39 is 0 Å². The minimum Gasteiger partial charge on any atom is -0.463 e. The summed E-state index contributed by atoms with van der Waals surface area (Å²) in [6.45, 7) is 5.50. The summed E-state index contributed by atoms with van der Waals surface area (Å²) in [6.07, 6.45) is 1.66. The number of halogens is 1. The molecule has 0 saturated heterocycles. The molecule has 124 valence electrons. The third kappa shape index (κ3) is 2.41. The molecule has 1 aliphatic heterocycles. The SMILES string of the molecule is Cc1c(C)c2cc(Cl)c3c(c2oc1=O)C[NH+](Cc1ccco1)CO3. The van der Waals surface area contributed by atoms with Crippen molar-refractivity contribution in [1.82, 2.24) is 0 Å². The van der Waals surface area contributed by atoms with Crippen molar-refractivity contribution in [3.63, 3.8) is 0 Å². The zero-order chi connectivity index (χ0) is 16.8. The van der Waals surface area contributed by atoms with Gasteiger partial charge in [-0.2, -0.15) is 0 Å². The predicted octanol–water partition coefficient (Wildman–Crippen LogP) is 2.59. The lowest BCUT2D eigenvalue weighted by atomic mass is 10.0. The van der Waals surface area contributed by atoms with Crippen LogP contribution in [-0.2, 0) is 13.1 Å². The van der Waals surface area contributed by atoms with Crippen LogP contribution in [0.15, 0.2) is 38.1 Å². The Morgan fingerprint density at radius 1 is 1.29 bits per heavy atom. The summed E-state index contributed by atoms with van der Waals surface area (Å²) in [4.78, 5) is 13.3. The molecule has 0 spiro atoms. The van der Waals surface area contributed by atoms with Crippen LogP contribution in [0.1, 0.15) is 22.5 Å². The number of fused-ring (bicyclic) bond motifs is 3. The highest BCUT2D eigenvalue weighted by Crippen LogP contribution is 2.37. The Morgan fingerprint density at radius 2 is 2.12 bits per heavy atom. The molecule has 0 amide bonds. The number of hydrogen-bond acceptors (Lipinski definition) is 4. The molecular weight excluding hydrogens is 330 g/mol. The maximum atomic E-state index is 12.1. The fourth-order valence-electron chi connectivity index (χ4n) is 3.15. The average molecular weight is 347 g/mol. The van der Waals surface area contributed by atoms with E-state index in [4.69, 9.17) is 25.2 Å². The molecule has 6 heteroatoms. The summed E-state index contributed by atoms with van der Waals surface area (Å²) in [5.74, 6) is 1.50. The van der Waals surface area contributed by atoms with Gasteiger partial charge in [0.15, 0.2) is 17.1 Å². The van der Waals surface area contributed by atoms with Crippen molar-refractivity contribution < 1.29 is 18.5 Å². The van der Waals surface area contributed by atoms with E-state index in [9.17, 15) is 4.79 Å². The monoisotopic (exact) mass is 346 g/mol. The largest absolute Gasteiger partial charge is 0.463 e. The summed E-state index contributed by atoms with van der Waals surface area (Å²) in [7, 11) is 0. The van der Waals surface area contributed by atoms with Gasteiger partial charge in [-0.3, -0.25) is 4.90 Å². The molecule has 0 bridgehead atoms. The van der Waals surface area contributed by atoms with E-state index in [2.05, 4.69) is 0 Å². The van der Waals surface area contributed by atoms with Crippen LogP contribution < -0.4 is 15.3 Å². The van der Waals surface area contributed by atoms with Crippen molar-refractivity contribution in [1.29, 1.82) is 0 Å². The van der Waals surface area contributed by atoms with Crippen LogP contribution in [0.25, 0.3) is 11.0 Å². The Labute approximate surface area is 143 Å². The first kappa shape index (κ1) is 15.3. The van der Waals surface area contributed by atoms with E-state index in [-0.39, 0.29) is 5.63 Å². The zero-order valence-corrected chi connectivity index (χ0v) is 14.2. The van der Waals surface area contributed by atoms with Gasteiger partial charge >= 0.3 is 5.63 Å². The third-order valence-corrected chi connectivity index (χ3v) is 4.88. The number of hydrogen-bond donors (Lipinski definition) is 1. The minimum atomic E-state index is -0.317. The lowest BCUT2D eigenvalue weighted by Gasteiger charge is -2.26. The van der Waals surface area contributed by atoms with Crippen molar-refractivity contribution in [2.75, 3.05) is 6.73 Å². The second kappa shape index (κ2) is 5.69. The Morgan fingerprint density at radius 3 is 2.88 bits per heavy atom. The smallest absolute Gasteiger partial charge is 0.339 e. The van der Waals surface area contributed by atoms with Crippen LogP contribution >= 0.6 is 11.6 Å². The fraction of sp³-hybridized carbons (Fsp3) is 0.278. The van der Waals surface area contributed by atoms with Gasteiger partial charge in [0, 0.05) is 10.9 Å². The molecule has 1 N–H and O–H groups in total. The number of furan rings is 1. The van der Waals surface area contributed by atoms with E-state index in [1.54, 1.807) is 13.2 Å². The van der Waals surface area contributed by atoms with Gasteiger partial charge < -0.3 is 13.6 Å². The van der Waals surface area contributed by atoms with E-state index in [0.717, 1.165) is 27.2 Å². The molecule has 4 rings (SSSR count). The molecule has 1 aromatic carbocycles. The summed E-state index contributed by atoms with van der Waals surface area (Å²) in [5.41, 5.74) is 2.59. The van der Waals surface area contributed by atoms with E-state index in [1.807, 2.05) is 25.1 Å². The molecule has 5 nitrogen and oxygen atoms in total. The van der Waals surface area contributed by atoms with Crippen molar-refractivity contribution in [3.8, 4) is 5.75 Å². The molecule has 3 aromatic rings. The quantitative estimate of drug-likeness (QED) is 0.725. The van der Waals surface area contributed by atoms with Crippen molar-refractivity contribution in [2.45, 2.75) is 26.9 Å². The first-order chi connectivity index (χ1) is 11.5. The number of nitrogens with one attached hydrogen (secondary N) is 1. The van der Waals surface area contributed by atoms with E-state index in [0.29, 0.717) is 41.7 Å². The lowest BCUT2D eigenvalue weighted by Crippen LogP contribution is -3.10. The van der Waals surface area contributed by atoms with Gasteiger partial charge in [0.1, 0.15) is 13.1 Å². The van der Waals surface area contributed by atoms with Crippen LogP contribution in [-0.4, -0.2) is 6.73 Å². The maximum absolute atomic E-state index is 12.1. The minimum absolute atomic E-state index is 0.317. The fourth-order valence-corrected chi connectivity index (χ4v) is 3.43. The molecule has 2 aromatic heterocycles. The molecule has 1 unspecified atom stereocenters. The third-order valence-electron chi connectivity index (χ3n) is 4.60. The molecule has 0 aliphatic carbocycles. The van der Waals surface area contributed by atoms with Crippen molar-refractivity contribution in [3.05, 3.63) is 62.4 Å². The molecule has 1 atom stereocenters. The number of ether oxygens (including phenoxy) is 1. The normalized spacial score (nSPS) is 16.9. The first-order valence-electron chi connectivity index (χ1n) is 7.78. The Bertz CT molecular complexity index is 975. The average Bonchev–Trinajstić information content (AvgIpc) is 3.07. The second-order valence-electron chi connectivity index (χ2n) is 6.15. The van der Waals surface area contributed by atoms with Crippen LogP contribution in [0.2, 0.25) is 5.02 Å². The van der Waals surface area contributed by atoms with E-state index in [1.165, 1.54) is 0 Å². The van der Waals surface area contributed by atoms with Gasteiger partial charge in [-0.25, -0.2) is 4.79 Å². The maximum Gasteiger partial charge on any atom is 0.339 e. The van der Waals surface area contributed by atoms with Crippen LogP contribution in [0.3, 0.4) is 0 Å². The summed E-state index contributed by atoms with van der Waals surface area (Å²) in [5, 5.41) is 1.41.